The maximum absolute atomic E-state index is 14.3. The highest BCUT2D eigenvalue weighted by atomic mass is 19.1. The molecule has 0 saturated heterocycles. The number of ether oxygens (including phenoxy) is 1. The Hall–Kier alpha value is -3.57. The van der Waals surface area contributed by atoms with Gasteiger partial charge in [-0.05, 0) is 56.9 Å². The standard InChI is InChI=1S/C24H21FN6O/c1-15-28-29-23-27-22(17-13-16(25)3-4-21(17)31(15)23)30-11-12-32-14-18-19(26-10-6-20(18)30)5-7-24(2)8-9-24/h3-4,6,10,13H,8-9,11-12,14H2,1-2H3. The first-order valence-corrected chi connectivity index (χ1v) is 10.7. The summed E-state index contributed by atoms with van der Waals surface area (Å²) >= 11 is 0. The molecule has 2 aliphatic rings. The molecule has 160 valence electrons. The zero-order valence-electron chi connectivity index (χ0n) is 17.9. The lowest BCUT2D eigenvalue weighted by molar-refractivity contribution is 0.133. The molecule has 3 aromatic heterocycles. The smallest absolute Gasteiger partial charge is 0.257 e. The molecule has 1 fully saturated rings. The number of hydrogen-bond donors (Lipinski definition) is 0. The fraction of sp³-hybridized carbons (Fsp3) is 0.333. The monoisotopic (exact) mass is 428 g/mol. The number of aryl methyl sites for hydroxylation is 1. The van der Waals surface area contributed by atoms with Gasteiger partial charge in [-0.1, -0.05) is 5.92 Å². The van der Waals surface area contributed by atoms with Gasteiger partial charge in [0.2, 0.25) is 0 Å². The number of halogens is 1. The molecule has 0 atom stereocenters. The summed E-state index contributed by atoms with van der Waals surface area (Å²) in [5.41, 5.74) is 3.46. The summed E-state index contributed by atoms with van der Waals surface area (Å²) in [7, 11) is 0. The van der Waals surface area contributed by atoms with Crippen molar-refractivity contribution in [2.45, 2.75) is 33.3 Å². The molecule has 1 aliphatic carbocycles. The van der Waals surface area contributed by atoms with Crippen LogP contribution in [0.2, 0.25) is 0 Å². The van der Waals surface area contributed by atoms with Crippen molar-refractivity contribution in [2.75, 3.05) is 18.1 Å². The van der Waals surface area contributed by atoms with Gasteiger partial charge in [0.05, 0.1) is 24.4 Å². The summed E-state index contributed by atoms with van der Waals surface area (Å²) < 4.78 is 22.1. The number of nitrogens with zero attached hydrogens (tertiary/aromatic N) is 6. The van der Waals surface area contributed by atoms with Crippen molar-refractivity contribution < 1.29 is 9.13 Å². The van der Waals surface area contributed by atoms with Crippen LogP contribution in [0.3, 0.4) is 0 Å². The van der Waals surface area contributed by atoms with E-state index in [1.165, 1.54) is 12.1 Å². The molecule has 1 aromatic carbocycles. The van der Waals surface area contributed by atoms with Crippen LogP contribution in [0, 0.1) is 30.0 Å². The third kappa shape index (κ3) is 3.09. The Morgan fingerprint density at radius 1 is 1.19 bits per heavy atom. The number of benzene rings is 1. The van der Waals surface area contributed by atoms with E-state index in [1.54, 1.807) is 12.3 Å². The van der Waals surface area contributed by atoms with Crippen molar-refractivity contribution >= 4 is 28.2 Å². The van der Waals surface area contributed by atoms with Gasteiger partial charge in [0.15, 0.2) is 0 Å². The minimum Gasteiger partial charge on any atom is -0.375 e. The Morgan fingerprint density at radius 3 is 2.91 bits per heavy atom. The quantitative estimate of drug-likeness (QED) is 0.428. The molecular formula is C24H21FN6O. The second-order valence-electron chi connectivity index (χ2n) is 8.65. The fourth-order valence-corrected chi connectivity index (χ4v) is 4.13. The number of fused-ring (bicyclic) bond motifs is 4. The van der Waals surface area contributed by atoms with E-state index in [0.717, 1.165) is 35.3 Å². The van der Waals surface area contributed by atoms with Crippen LogP contribution in [0.15, 0.2) is 30.5 Å². The highest BCUT2D eigenvalue weighted by molar-refractivity contribution is 5.94. The average molecular weight is 428 g/mol. The van der Waals surface area contributed by atoms with Crippen LogP contribution in [0.4, 0.5) is 15.9 Å². The Bertz CT molecular complexity index is 1450. The van der Waals surface area contributed by atoms with E-state index in [1.807, 2.05) is 17.4 Å². The summed E-state index contributed by atoms with van der Waals surface area (Å²) in [6.45, 7) is 5.50. The Labute approximate surface area is 184 Å². The molecule has 7 nitrogen and oxygen atoms in total. The first-order valence-electron chi connectivity index (χ1n) is 10.7. The third-order valence-corrected chi connectivity index (χ3v) is 6.22. The predicted molar refractivity (Wildman–Crippen MR) is 118 cm³/mol. The van der Waals surface area contributed by atoms with Gasteiger partial charge < -0.3 is 9.64 Å². The zero-order chi connectivity index (χ0) is 21.9. The molecule has 0 amide bonds. The summed E-state index contributed by atoms with van der Waals surface area (Å²) in [6, 6.07) is 6.65. The molecule has 1 aliphatic heterocycles. The van der Waals surface area contributed by atoms with Gasteiger partial charge in [-0.15, -0.1) is 10.2 Å². The first kappa shape index (κ1) is 19.1. The molecule has 32 heavy (non-hydrogen) atoms. The highest BCUT2D eigenvalue weighted by Crippen LogP contribution is 2.44. The van der Waals surface area contributed by atoms with Crippen LogP contribution >= 0.6 is 0 Å². The van der Waals surface area contributed by atoms with Crippen molar-refractivity contribution in [3.63, 3.8) is 0 Å². The summed E-state index contributed by atoms with van der Waals surface area (Å²) in [5, 5.41) is 9.08. The maximum Gasteiger partial charge on any atom is 0.257 e. The Morgan fingerprint density at radius 2 is 2.06 bits per heavy atom. The Kier molecular flexibility index (Phi) is 4.17. The van der Waals surface area contributed by atoms with Crippen LogP contribution in [-0.2, 0) is 11.3 Å². The molecule has 8 heteroatoms. The van der Waals surface area contributed by atoms with Gasteiger partial charge in [-0.25, -0.2) is 9.37 Å². The van der Waals surface area contributed by atoms with Gasteiger partial charge in [-0.2, -0.15) is 4.98 Å². The molecule has 4 aromatic rings. The predicted octanol–water partition coefficient (Wildman–Crippen LogP) is 3.94. The largest absolute Gasteiger partial charge is 0.375 e. The highest BCUT2D eigenvalue weighted by Gasteiger charge is 2.35. The molecule has 0 unspecified atom stereocenters. The fourth-order valence-electron chi connectivity index (χ4n) is 4.13. The number of aromatic nitrogens is 5. The van der Waals surface area contributed by atoms with Crippen LogP contribution in [0.25, 0.3) is 16.7 Å². The van der Waals surface area contributed by atoms with Gasteiger partial charge in [-0.3, -0.25) is 4.40 Å². The van der Waals surface area contributed by atoms with Crippen LogP contribution in [-0.4, -0.2) is 37.7 Å². The van der Waals surface area contributed by atoms with Crippen LogP contribution in [0.5, 0.6) is 0 Å². The van der Waals surface area contributed by atoms with E-state index in [2.05, 4.69) is 38.8 Å². The molecular weight excluding hydrogens is 407 g/mol. The first-order chi connectivity index (χ1) is 15.5. The summed E-state index contributed by atoms with van der Waals surface area (Å²) in [4.78, 5) is 11.4. The van der Waals surface area contributed by atoms with E-state index >= 15 is 0 Å². The van der Waals surface area contributed by atoms with Gasteiger partial charge >= 0.3 is 0 Å². The van der Waals surface area contributed by atoms with Gasteiger partial charge in [0.1, 0.15) is 23.2 Å². The maximum atomic E-state index is 14.3. The van der Waals surface area contributed by atoms with Gasteiger partial charge in [0, 0.05) is 29.1 Å². The molecule has 6 rings (SSSR count). The van der Waals surface area contributed by atoms with E-state index < -0.39 is 0 Å². The number of anilines is 2. The minimum atomic E-state index is -0.323. The van der Waals surface area contributed by atoms with Crippen molar-refractivity contribution in [3.8, 4) is 11.8 Å². The summed E-state index contributed by atoms with van der Waals surface area (Å²) in [5.74, 6) is 8.11. The number of rotatable bonds is 1. The molecule has 0 radical (unpaired) electrons. The third-order valence-electron chi connectivity index (χ3n) is 6.22. The molecule has 0 spiro atoms. The number of pyridine rings is 1. The molecule has 4 heterocycles. The van der Waals surface area contributed by atoms with E-state index in [9.17, 15) is 4.39 Å². The van der Waals surface area contributed by atoms with E-state index in [0.29, 0.717) is 42.6 Å². The minimum absolute atomic E-state index is 0.0987. The van der Waals surface area contributed by atoms with Crippen LogP contribution < -0.4 is 4.90 Å². The van der Waals surface area contributed by atoms with Crippen molar-refractivity contribution in [2.24, 2.45) is 5.41 Å². The van der Waals surface area contributed by atoms with Crippen molar-refractivity contribution in [1.29, 1.82) is 0 Å². The zero-order valence-corrected chi connectivity index (χ0v) is 17.9. The molecule has 0 bridgehead atoms. The van der Waals surface area contributed by atoms with E-state index in [4.69, 9.17) is 9.72 Å². The lowest BCUT2D eigenvalue weighted by atomic mass is 10.1. The topological polar surface area (TPSA) is 68.4 Å². The van der Waals surface area contributed by atoms with Crippen LogP contribution in [0.1, 0.15) is 36.8 Å². The van der Waals surface area contributed by atoms with Crippen molar-refractivity contribution in [1.82, 2.24) is 24.6 Å². The average Bonchev–Trinajstić information content (AvgIpc) is 3.47. The number of hydrogen-bond acceptors (Lipinski definition) is 6. The SMILES string of the molecule is Cc1nnc2nc(N3CCOCc4c3ccnc4C#CC3(C)CC3)c3cc(F)ccc3n12. The lowest BCUT2D eigenvalue weighted by Gasteiger charge is -2.25. The van der Waals surface area contributed by atoms with E-state index in [-0.39, 0.29) is 11.2 Å². The van der Waals surface area contributed by atoms with Crippen molar-refractivity contribution in [3.05, 3.63) is 53.4 Å². The van der Waals surface area contributed by atoms with Gasteiger partial charge in [0.25, 0.3) is 5.78 Å². The molecule has 0 N–H and O–H groups in total. The second-order valence-corrected chi connectivity index (χ2v) is 8.65. The normalized spacial score (nSPS) is 17.0. The Balaban J connectivity index is 1.58. The molecule has 1 saturated carbocycles. The summed E-state index contributed by atoms with van der Waals surface area (Å²) in [6.07, 6.45) is 4.01. The lowest BCUT2D eigenvalue weighted by Crippen LogP contribution is -2.23. The second kappa shape index (κ2) is 6.97.